The Bertz CT molecular complexity index is 738. The monoisotopic (exact) mass is 343 g/mol. The largest absolute Gasteiger partial charge is 0.356 e. The van der Waals surface area contributed by atoms with Gasteiger partial charge in [-0.15, -0.1) is 22.7 Å². The number of thiazole rings is 1. The lowest BCUT2D eigenvalue weighted by Gasteiger charge is -2.03. The zero-order chi connectivity index (χ0) is 15.9. The molecule has 0 aliphatic rings. The normalized spacial score (nSPS) is 10.6. The molecule has 0 bridgehead atoms. The number of carbonyl (C=O) groups is 1. The number of pyridine rings is 1. The maximum absolute atomic E-state index is 11.8. The van der Waals surface area contributed by atoms with Gasteiger partial charge in [0.25, 0.3) is 0 Å². The summed E-state index contributed by atoms with van der Waals surface area (Å²) >= 11 is 3.28. The minimum absolute atomic E-state index is 0.0959. The Kier molecular flexibility index (Phi) is 5.50. The highest BCUT2D eigenvalue weighted by molar-refractivity contribution is 7.13. The Balaban J connectivity index is 1.42. The average Bonchev–Trinajstić information content (AvgIpc) is 3.26. The first-order chi connectivity index (χ1) is 11.3. The number of hydrogen-bond donors (Lipinski definition) is 1. The molecule has 3 aromatic rings. The minimum Gasteiger partial charge on any atom is -0.356 e. The minimum atomic E-state index is 0.0959. The van der Waals surface area contributed by atoms with Crippen LogP contribution < -0.4 is 5.32 Å². The van der Waals surface area contributed by atoms with Crippen LogP contribution in [0.5, 0.6) is 0 Å². The lowest BCUT2D eigenvalue weighted by Crippen LogP contribution is -2.25. The summed E-state index contributed by atoms with van der Waals surface area (Å²) in [6, 6.07) is 9.88. The van der Waals surface area contributed by atoms with Gasteiger partial charge in [-0.3, -0.25) is 9.78 Å². The Hall–Kier alpha value is -2.05. The second-order valence-electron chi connectivity index (χ2n) is 5.04. The van der Waals surface area contributed by atoms with Crippen molar-refractivity contribution in [1.29, 1.82) is 0 Å². The number of rotatable bonds is 7. The molecule has 0 saturated heterocycles. The Morgan fingerprint density at radius 2 is 2.09 bits per heavy atom. The smallest absolute Gasteiger partial charge is 0.220 e. The molecule has 1 N–H and O–H groups in total. The summed E-state index contributed by atoms with van der Waals surface area (Å²) in [5.41, 5.74) is 1.89. The van der Waals surface area contributed by atoms with Gasteiger partial charge in [-0.05, 0) is 30.0 Å². The third-order valence-corrected chi connectivity index (χ3v) is 5.17. The molecule has 0 aliphatic carbocycles. The van der Waals surface area contributed by atoms with E-state index in [2.05, 4.69) is 21.4 Å². The fraction of sp³-hybridized carbons (Fsp3) is 0.235. The fourth-order valence-corrected chi connectivity index (χ4v) is 3.68. The van der Waals surface area contributed by atoms with Gasteiger partial charge in [0.05, 0.1) is 11.4 Å². The van der Waals surface area contributed by atoms with Crippen LogP contribution in [-0.4, -0.2) is 22.4 Å². The van der Waals surface area contributed by atoms with Crippen molar-refractivity contribution in [3.05, 3.63) is 57.9 Å². The molecular weight excluding hydrogens is 326 g/mol. The quantitative estimate of drug-likeness (QED) is 0.714. The van der Waals surface area contributed by atoms with Crippen molar-refractivity contribution >= 4 is 28.6 Å². The summed E-state index contributed by atoms with van der Waals surface area (Å²) in [5, 5.41) is 7.94. The van der Waals surface area contributed by atoms with Crippen molar-refractivity contribution in [3.8, 4) is 10.7 Å². The third kappa shape index (κ3) is 4.71. The molecule has 3 heterocycles. The van der Waals surface area contributed by atoms with E-state index in [1.165, 1.54) is 4.88 Å². The standard InChI is InChI=1S/C17H17N3OS2/c21-16(7-6-14-4-3-11-22-14)19-10-8-13-12-23-17(20-13)15-5-1-2-9-18-15/h1-5,9,11-12H,6-8,10H2,(H,19,21). The fourth-order valence-electron chi connectivity index (χ4n) is 2.14. The van der Waals surface area contributed by atoms with Crippen molar-refractivity contribution in [2.75, 3.05) is 6.54 Å². The molecule has 23 heavy (non-hydrogen) atoms. The van der Waals surface area contributed by atoms with E-state index in [0.717, 1.165) is 29.2 Å². The Morgan fingerprint density at radius 3 is 2.87 bits per heavy atom. The van der Waals surface area contributed by atoms with Crippen molar-refractivity contribution in [2.24, 2.45) is 0 Å². The lowest BCUT2D eigenvalue weighted by atomic mass is 10.2. The van der Waals surface area contributed by atoms with Crippen LogP contribution in [0, 0.1) is 0 Å². The third-order valence-electron chi connectivity index (χ3n) is 3.32. The van der Waals surface area contributed by atoms with Gasteiger partial charge in [-0.25, -0.2) is 4.98 Å². The van der Waals surface area contributed by atoms with Crippen molar-refractivity contribution < 1.29 is 4.79 Å². The first-order valence-corrected chi connectivity index (χ1v) is 9.22. The van der Waals surface area contributed by atoms with E-state index in [9.17, 15) is 4.79 Å². The van der Waals surface area contributed by atoms with Gasteiger partial charge in [0.15, 0.2) is 0 Å². The van der Waals surface area contributed by atoms with E-state index in [4.69, 9.17) is 0 Å². The predicted molar refractivity (Wildman–Crippen MR) is 94.7 cm³/mol. The molecule has 118 valence electrons. The maximum atomic E-state index is 11.8. The summed E-state index contributed by atoms with van der Waals surface area (Å²) in [7, 11) is 0. The zero-order valence-corrected chi connectivity index (χ0v) is 14.2. The summed E-state index contributed by atoms with van der Waals surface area (Å²) in [5.74, 6) is 0.0959. The van der Waals surface area contributed by atoms with E-state index >= 15 is 0 Å². The Labute approximate surface area is 143 Å². The lowest BCUT2D eigenvalue weighted by molar-refractivity contribution is -0.121. The molecule has 0 unspecified atom stereocenters. The van der Waals surface area contributed by atoms with Crippen molar-refractivity contribution in [2.45, 2.75) is 19.3 Å². The predicted octanol–water partition coefficient (Wildman–Crippen LogP) is 3.56. The summed E-state index contributed by atoms with van der Waals surface area (Å²) < 4.78 is 0. The SMILES string of the molecule is O=C(CCc1cccs1)NCCc1csc(-c2ccccn2)n1. The second-order valence-corrected chi connectivity index (χ2v) is 6.93. The number of thiophene rings is 1. The first-order valence-electron chi connectivity index (χ1n) is 7.46. The molecule has 0 spiro atoms. The van der Waals surface area contributed by atoms with Gasteiger partial charge >= 0.3 is 0 Å². The molecule has 6 heteroatoms. The molecule has 1 amide bonds. The first kappa shape index (κ1) is 15.8. The summed E-state index contributed by atoms with van der Waals surface area (Å²) in [6.45, 7) is 0.620. The van der Waals surface area contributed by atoms with Gasteiger partial charge in [0.2, 0.25) is 5.91 Å². The molecule has 0 aromatic carbocycles. The van der Waals surface area contributed by atoms with Crippen LogP contribution in [0.4, 0.5) is 0 Å². The molecule has 4 nitrogen and oxygen atoms in total. The molecule has 0 saturated carbocycles. The van der Waals surface area contributed by atoms with Crippen LogP contribution >= 0.6 is 22.7 Å². The molecule has 0 radical (unpaired) electrons. The molecule has 0 atom stereocenters. The van der Waals surface area contributed by atoms with E-state index < -0.39 is 0 Å². The van der Waals surface area contributed by atoms with Gasteiger partial charge in [0, 0.05) is 35.8 Å². The number of nitrogens with zero attached hydrogens (tertiary/aromatic N) is 2. The molecule has 0 aliphatic heterocycles. The van der Waals surface area contributed by atoms with Gasteiger partial charge in [-0.2, -0.15) is 0 Å². The molecule has 0 fully saturated rings. The summed E-state index contributed by atoms with van der Waals surface area (Å²) in [4.78, 5) is 21.9. The van der Waals surface area contributed by atoms with Crippen LogP contribution in [0.1, 0.15) is 17.0 Å². The van der Waals surface area contributed by atoms with Crippen LogP contribution in [0.3, 0.4) is 0 Å². The highest BCUT2D eigenvalue weighted by atomic mass is 32.1. The highest BCUT2D eigenvalue weighted by Gasteiger charge is 2.07. The molecule has 3 aromatic heterocycles. The van der Waals surface area contributed by atoms with Crippen LogP contribution in [0.25, 0.3) is 10.7 Å². The van der Waals surface area contributed by atoms with Crippen molar-refractivity contribution in [3.63, 3.8) is 0 Å². The maximum Gasteiger partial charge on any atom is 0.220 e. The van der Waals surface area contributed by atoms with E-state index in [1.807, 2.05) is 35.0 Å². The van der Waals surface area contributed by atoms with Gasteiger partial charge in [0.1, 0.15) is 5.01 Å². The highest BCUT2D eigenvalue weighted by Crippen LogP contribution is 2.21. The Morgan fingerprint density at radius 1 is 1.13 bits per heavy atom. The second kappa shape index (κ2) is 7.99. The topological polar surface area (TPSA) is 54.9 Å². The molecular formula is C17H17N3OS2. The molecule has 3 rings (SSSR count). The number of aryl methyl sites for hydroxylation is 1. The zero-order valence-electron chi connectivity index (χ0n) is 12.6. The van der Waals surface area contributed by atoms with Crippen LogP contribution in [0.15, 0.2) is 47.3 Å². The van der Waals surface area contributed by atoms with Gasteiger partial charge < -0.3 is 5.32 Å². The number of carbonyl (C=O) groups excluding carboxylic acids is 1. The summed E-state index contributed by atoms with van der Waals surface area (Å²) in [6.07, 6.45) is 3.86. The van der Waals surface area contributed by atoms with E-state index in [1.54, 1.807) is 28.9 Å². The van der Waals surface area contributed by atoms with E-state index in [0.29, 0.717) is 13.0 Å². The average molecular weight is 343 g/mol. The number of hydrogen-bond acceptors (Lipinski definition) is 5. The van der Waals surface area contributed by atoms with Crippen LogP contribution in [-0.2, 0) is 17.6 Å². The van der Waals surface area contributed by atoms with Gasteiger partial charge in [-0.1, -0.05) is 12.1 Å². The number of amides is 1. The van der Waals surface area contributed by atoms with E-state index in [-0.39, 0.29) is 5.91 Å². The number of nitrogens with one attached hydrogen (secondary N) is 1. The van der Waals surface area contributed by atoms with Crippen molar-refractivity contribution in [1.82, 2.24) is 15.3 Å². The number of aromatic nitrogens is 2. The van der Waals surface area contributed by atoms with Crippen LogP contribution in [0.2, 0.25) is 0 Å².